The van der Waals surface area contributed by atoms with Crippen molar-refractivity contribution in [1.82, 2.24) is 5.32 Å². The summed E-state index contributed by atoms with van der Waals surface area (Å²) in [5.41, 5.74) is 1.18. The van der Waals surface area contributed by atoms with Crippen LogP contribution < -0.4 is 19.7 Å². The van der Waals surface area contributed by atoms with Crippen LogP contribution in [0.5, 0.6) is 11.5 Å². The van der Waals surface area contributed by atoms with Crippen LogP contribution in [-0.4, -0.2) is 25.2 Å². The van der Waals surface area contributed by atoms with Gasteiger partial charge in [0.15, 0.2) is 11.5 Å². The summed E-state index contributed by atoms with van der Waals surface area (Å²) < 4.78 is 23.9. The Labute approximate surface area is 144 Å². The monoisotopic (exact) mass is 344 g/mol. The zero-order valence-electron chi connectivity index (χ0n) is 13.6. The van der Waals surface area contributed by atoms with Crippen molar-refractivity contribution in [3.8, 4) is 11.5 Å². The first-order valence-corrected chi connectivity index (χ1v) is 7.72. The van der Waals surface area contributed by atoms with Crippen LogP contribution in [0.15, 0.2) is 42.5 Å². The number of carbonyl (C=O) groups excluding carboxylic acids is 2. The maximum atomic E-state index is 13.3. The second-order valence-corrected chi connectivity index (χ2v) is 5.55. The standard InChI is InChI=1S/C18H17FN2O4/c1-12(22)21(15-4-2-3-14(19)8-15)10-18(23)20-9-13-5-6-16-17(7-13)25-11-24-16/h2-8H,9-11H2,1H3,(H,20,23). The van der Waals surface area contributed by atoms with Gasteiger partial charge in [-0.2, -0.15) is 0 Å². The molecule has 0 unspecified atom stereocenters. The molecule has 2 aromatic rings. The van der Waals surface area contributed by atoms with Crippen LogP contribution in [0, 0.1) is 5.82 Å². The summed E-state index contributed by atoms with van der Waals surface area (Å²) in [7, 11) is 0. The molecule has 0 fully saturated rings. The molecule has 0 atom stereocenters. The minimum atomic E-state index is -0.468. The first-order chi connectivity index (χ1) is 12.0. The minimum Gasteiger partial charge on any atom is -0.454 e. The van der Waals surface area contributed by atoms with E-state index in [9.17, 15) is 14.0 Å². The van der Waals surface area contributed by atoms with Gasteiger partial charge in [-0.15, -0.1) is 0 Å². The lowest BCUT2D eigenvalue weighted by molar-refractivity contribution is -0.123. The predicted molar refractivity (Wildman–Crippen MR) is 88.8 cm³/mol. The number of hydrogen-bond acceptors (Lipinski definition) is 4. The molecule has 0 spiro atoms. The van der Waals surface area contributed by atoms with E-state index in [4.69, 9.17) is 9.47 Å². The highest BCUT2D eigenvalue weighted by atomic mass is 19.1. The van der Waals surface area contributed by atoms with Crippen molar-refractivity contribution < 1.29 is 23.5 Å². The third-order valence-electron chi connectivity index (χ3n) is 3.73. The van der Waals surface area contributed by atoms with Gasteiger partial charge in [-0.1, -0.05) is 12.1 Å². The average Bonchev–Trinajstić information content (AvgIpc) is 3.05. The SMILES string of the molecule is CC(=O)N(CC(=O)NCc1ccc2c(c1)OCO2)c1cccc(F)c1. The molecule has 2 amide bonds. The highest BCUT2D eigenvalue weighted by Crippen LogP contribution is 2.32. The van der Waals surface area contributed by atoms with Crippen molar-refractivity contribution >= 4 is 17.5 Å². The van der Waals surface area contributed by atoms with E-state index in [0.717, 1.165) is 5.56 Å². The lowest BCUT2D eigenvalue weighted by atomic mass is 10.2. The molecule has 130 valence electrons. The highest BCUT2D eigenvalue weighted by molar-refractivity contribution is 5.97. The fourth-order valence-corrected chi connectivity index (χ4v) is 2.48. The summed E-state index contributed by atoms with van der Waals surface area (Å²) in [4.78, 5) is 25.2. The van der Waals surface area contributed by atoms with Crippen molar-refractivity contribution in [1.29, 1.82) is 0 Å². The summed E-state index contributed by atoms with van der Waals surface area (Å²) in [6.45, 7) is 1.61. The average molecular weight is 344 g/mol. The number of anilines is 1. The van der Waals surface area contributed by atoms with Gasteiger partial charge in [0.1, 0.15) is 12.4 Å². The number of halogens is 1. The minimum absolute atomic E-state index is 0.187. The zero-order chi connectivity index (χ0) is 17.8. The fraction of sp³-hybridized carbons (Fsp3) is 0.222. The molecule has 0 aromatic heterocycles. The Morgan fingerprint density at radius 1 is 1.16 bits per heavy atom. The molecule has 1 N–H and O–H groups in total. The number of rotatable bonds is 5. The van der Waals surface area contributed by atoms with Gasteiger partial charge < -0.3 is 19.7 Å². The van der Waals surface area contributed by atoms with E-state index >= 15 is 0 Å². The van der Waals surface area contributed by atoms with Crippen molar-refractivity contribution in [2.24, 2.45) is 0 Å². The molecular weight excluding hydrogens is 327 g/mol. The third-order valence-corrected chi connectivity index (χ3v) is 3.73. The Bertz CT molecular complexity index is 809. The number of benzene rings is 2. The van der Waals surface area contributed by atoms with Gasteiger partial charge in [0.05, 0.1) is 0 Å². The first kappa shape index (κ1) is 16.8. The lowest BCUT2D eigenvalue weighted by Gasteiger charge is -2.20. The largest absolute Gasteiger partial charge is 0.454 e. The van der Waals surface area contributed by atoms with Crippen LogP contribution in [0.2, 0.25) is 0 Å². The van der Waals surface area contributed by atoms with E-state index in [0.29, 0.717) is 17.2 Å². The molecule has 1 heterocycles. The number of hydrogen-bond donors (Lipinski definition) is 1. The Hall–Kier alpha value is -3.09. The predicted octanol–water partition coefficient (Wildman–Crippen LogP) is 2.22. The van der Waals surface area contributed by atoms with Crippen molar-refractivity contribution in [3.63, 3.8) is 0 Å². The van der Waals surface area contributed by atoms with Gasteiger partial charge in [0.2, 0.25) is 18.6 Å². The molecule has 0 bridgehead atoms. The first-order valence-electron chi connectivity index (χ1n) is 7.72. The van der Waals surface area contributed by atoms with Crippen molar-refractivity contribution in [3.05, 3.63) is 53.8 Å². The molecule has 1 aliphatic rings. The van der Waals surface area contributed by atoms with E-state index in [2.05, 4.69) is 5.32 Å². The molecule has 1 aliphatic heterocycles. The molecule has 3 rings (SSSR count). The number of nitrogens with zero attached hydrogens (tertiary/aromatic N) is 1. The van der Waals surface area contributed by atoms with Crippen LogP contribution in [0.4, 0.5) is 10.1 Å². The molecule has 0 saturated carbocycles. The lowest BCUT2D eigenvalue weighted by Crippen LogP contribution is -2.39. The normalized spacial score (nSPS) is 11.9. The van der Waals surface area contributed by atoms with Gasteiger partial charge in [0.25, 0.3) is 0 Å². The Kier molecular flexibility index (Phi) is 4.83. The van der Waals surface area contributed by atoms with Gasteiger partial charge in [-0.25, -0.2) is 4.39 Å². The summed E-state index contributed by atoms with van der Waals surface area (Å²) in [5, 5.41) is 2.74. The van der Waals surface area contributed by atoms with Gasteiger partial charge in [0, 0.05) is 19.2 Å². The summed E-state index contributed by atoms with van der Waals surface area (Å²) >= 11 is 0. The van der Waals surface area contributed by atoms with E-state index in [1.54, 1.807) is 18.2 Å². The number of nitrogens with one attached hydrogen (secondary N) is 1. The smallest absolute Gasteiger partial charge is 0.240 e. The second-order valence-electron chi connectivity index (χ2n) is 5.55. The van der Waals surface area contributed by atoms with Gasteiger partial charge in [-0.05, 0) is 35.9 Å². The summed E-state index contributed by atoms with van der Waals surface area (Å²) in [6.07, 6.45) is 0. The van der Waals surface area contributed by atoms with E-state index in [1.807, 2.05) is 6.07 Å². The molecule has 25 heavy (non-hydrogen) atoms. The topological polar surface area (TPSA) is 67.9 Å². The van der Waals surface area contributed by atoms with Crippen LogP contribution in [0.1, 0.15) is 12.5 Å². The Morgan fingerprint density at radius 2 is 1.96 bits per heavy atom. The second kappa shape index (κ2) is 7.21. The van der Waals surface area contributed by atoms with Gasteiger partial charge in [-0.3, -0.25) is 9.59 Å². The molecule has 7 heteroatoms. The number of ether oxygens (including phenoxy) is 2. The van der Waals surface area contributed by atoms with Crippen LogP contribution in [-0.2, 0) is 16.1 Å². The molecule has 0 saturated heterocycles. The maximum absolute atomic E-state index is 13.3. The van der Waals surface area contributed by atoms with Crippen LogP contribution in [0.25, 0.3) is 0 Å². The Balaban J connectivity index is 1.61. The highest BCUT2D eigenvalue weighted by Gasteiger charge is 2.17. The number of carbonyl (C=O) groups is 2. The van der Waals surface area contributed by atoms with E-state index in [1.165, 1.54) is 30.0 Å². The van der Waals surface area contributed by atoms with E-state index < -0.39 is 5.82 Å². The number of amides is 2. The third kappa shape index (κ3) is 4.06. The fourth-order valence-electron chi connectivity index (χ4n) is 2.48. The molecule has 0 radical (unpaired) electrons. The van der Waals surface area contributed by atoms with E-state index in [-0.39, 0.29) is 31.7 Å². The molecule has 6 nitrogen and oxygen atoms in total. The molecule has 0 aliphatic carbocycles. The Morgan fingerprint density at radius 3 is 2.72 bits per heavy atom. The van der Waals surface area contributed by atoms with Gasteiger partial charge >= 0.3 is 0 Å². The van der Waals surface area contributed by atoms with Crippen molar-refractivity contribution in [2.75, 3.05) is 18.2 Å². The van der Waals surface area contributed by atoms with Crippen LogP contribution in [0.3, 0.4) is 0 Å². The zero-order valence-corrected chi connectivity index (χ0v) is 13.6. The summed E-state index contributed by atoms with van der Waals surface area (Å²) in [5.74, 6) is 0.145. The number of fused-ring (bicyclic) bond motifs is 1. The molecular formula is C18H17FN2O4. The molecule has 2 aromatic carbocycles. The maximum Gasteiger partial charge on any atom is 0.240 e. The quantitative estimate of drug-likeness (QED) is 0.903. The van der Waals surface area contributed by atoms with Crippen molar-refractivity contribution in [2.45, 2.75) is 13.5 Å². The summed E-state index contributed by atoms with van der Waals surface area (Å²) in [6, 6.07) is 11.0. The van der Waals surface area contributed by atoms with Crippen LogP contribution >= 0.6 is 0 Å².